The van der Waals surface area contributed by atoms with Crippen molar-refractivity contribution < 1.29 is 27.5 Å². The van der Waals surface area contributed by atoms with E-state index in [-0.39, 0.29) is 10.5 Å². The van der Waals surface area contributed by atoms with E-state index in [9.17, 15) is 18.0 Å². The third kappa shape index (κ3) is 5.79. The van der Waals surface area contributed by atoms with Gasteiger partial charge in [-0.1, -0.05) is 25.4 Å². The highest BCUT2D eigenvalue weighted by Crippen LogP contribution is 2.31. The second kappa shape index (κ2) is 10.8. The van der Waals surface area contributed by atoms with Gasteiger partial charge in [0.1, 0.15) is 5.75 Å². The average Bonchev–Trinajstić information content (AvgIpc) is 2.76. The molecular weight excluding hydrogens is 456 g/mol. The molecule has 2 aromatic carbocycles. The number of aryl methyl sites for hydroxylation is 1. The Balaban J connectivity index is 2.09. The maximum absolute atomic E-state index is 12.6. The molecule has 0 bridgehead atoms. The minimum absolute atomic E-state index is 0.0775. The number of rotatable bonds is 9. The number of carbonyl (C=O) groups is 2. The van der Waals surface area contributed by atoms with Crippen molar-refractivity contribution in [2.75, 3.05) is 25.5 Å². The first kappa shape index (κ1) is 25.6. The molecule has 1 unspecified atom stereocenters. The lowest BCUT2D eigenvalue weighted by Crippen LogP contribution is -2.31. The van der Waals surface area contributed by atoms with E-state index in [1.807, 2.05) is 0 Å². The third-order valence-corrected chi connectivity index (χ3v) is 7.30. The van der Waals surface area contributed by atoms with Crippen LogP contribution in [0.25, 0.3) is 0 Å². The summed E-state index contributed by atoms with van der Waals surface area (Å²) in [5.41, 5.74) is 1.27. The van der Waals surface area contributed by atoms with E-state index in [1.165, 1.54) is 42.6 Å². The fraction of sp³-hybridized carbons (Fsp3) is 0.364. The summed E-state index contributed by atoms with van der Waals surface area (Å²) in [5.74, 6) is -0.935. The molecule has 0 aliphatic rings. The molecule has 0 aliphatic carbocycles. The number of amides is 1. The number of anilines is 1. The molecule has 0 aromatic heterocycles. The molecule has 2 aromatic rings. The number of hydrogen-bond donors (Lipinski definition) is 1. The zero-order chi connectivity index (χ0) is 24.1. The summed E-state index contributed by atoms with van der Waals surface area (Å²) in [6, 6.07) is 8.64. The van der Waals surface area contributed by atoms with Gasteiger partial charge in [0.25, 0.3) is 5.91 Å². The molecule has 0 saturated heterocycles. The monoisotopic (exact) mass is 482 g/mol. The second-order valence-electron chi connectivity index (χ2n) is 6.95. The van der Waals surface area contributed by atoms with Gasteiger partial charge in [0.05, 0.1) is 23.3 Å². The topological polar surface area (TPSA) is 102 Å². The molecule has 1 amide bonds. The van der Waals surface area contributed by atoms with Gasteiger partial charge >= 0.3 is 5.97 Å². The number of ether oxygens (including phenoxy) is 2. The predicted octanol–water partition coefficient (Wildman–Crippen LogP) is 3.87. The number of hydrogen-bond acceptors (Lipinski definition) is 6. The lowest BCUT2D eigenvalue weighted by Gasteiger charge is -2.18. The van der Waals surface area contributed by atoms with Crippen molar-refractivity contribution in [1.29, 1.82) is 0 Å². The fourth-order valence-corrected chi connectivity index (χ4v) is 4.53. The Morgan fingerprint density at radius 2 is 1.72 bits per heavy atom. The van der Waals surface area contributed by atoms with Crippen molar-refractivity contribution in [1.82, 2.24) is 4.31 Å². The van der Waals surface area contributed by atoms with Gasteiger partial charge in [-0.05, 0) is 49.7 Å². The Labute approximate surface area is 193 Å². The molecule has 0 spiro atoms. The number of benzene rings is 2. The number of sulfonamides is 1. The van der Waals surface area contributed by atoms with Crippen molar-refractivity contribution in [3.63, 3.8) is 0 Å². The van der Waals surface area contributed by atoms with Crippen LogP contribution in [-0.2, 0) is 19.6 Å². The van der Waals surface area contributed by atoms with Gasteiger partial charge in [0.15, 0.2) is 6.10 Å². The van der Waals surface area contributed by atoms with Crippen molar-refractivity contribution in [3.05, 3.63) is 52.5 Å². The Kier molecular flexibility index (Phi) is 8.65. The maximum Gasteiger partial charge on any atom is 0.338 e. The lowest BCUT2D eigenvalue weighted by molar-refractivity contribution is -0.123. The molecule has 0 saturated carbocycles. The normalized spacial score (nSPS) is 12.3. The fourth-order valence-electron chi connectivity index (χ4n) is 2.92. The van der Waals surface area contributed by atoms with Gasteiger partial charge in [-0.3, -0.25) is 4.79 Å². The van der Waals surface area contributed by atoms with Crippen molar-refractivity contribution >= 4 is 39.2 Å². The Morgan fingerprint density at radius 3 is 2.25 bits per heavy atom. The number of halogens is 1. The summed E-state index contributed by atoms with van der Waals surface area (Å²) in [4.78, 5) is 25.0. The zero-order valence-corrected chi connectivity index (χ0v) is 20.2. The quantitative estimate of drug-likeness (QED) is 0.544. The summed E-state index contributed by atoms with van der Waals surface area (Å²) in [6.45, 7) is 7.40. The van der Waals surface area contributed by atoms with Crippen molar-refractivity contribution in [3.8, 4) is 5.75 Å². The minimum Gasteiger partial charge on any atom is -0.495 e. The van der Waals surface area contributed by atoms with Gasteiger partial charge in [-0.2, -0.15) is 4.31 Å². The number of methoxy groups -OCH3 is 1. The van der Waals surface area contributed by atoms with Gasteiger partial charge in [-0.15, -0.1) is 0 Å². The van der Waals surface area contributed by atoms with Crippen molar-refractivity contribution in [2.24, 2.45) is 0 Å². The highest BCUT2D eigenvalue weighted by molar-refractivity contribution is 7.89. The second-order valence-corrected chi connectivity index (χ2v) is 9.30. The first-order chi connectivity index (χ1) is 15.0. The van der Waals surface area contributed by atoms with E-state index in [0.717, 1.165) is 5.56 Å². The molecule has 0 aliphatic heterocycles. The zero-order valence-electron chi connectivity index (χ0n) is 18.6. The van der Waals surface area contributed by atoms with E-state index in [1.54, 1.807) is 32.9 Å². The van der Waals surface area contributed by atoms with Crippen LogP contribution >= 0.6 is 11.6 Å². The molecule has 10 heteroatoms. The van der Waals surface area contributed by atoms with Crippen molar-refractivity contribution in [2.45, 2.75) is 38.7 Å². The molecule has 2 rings (SSSR count). The predicted molar refractivity (Wildman–Crippen MR) is 123 cm³/mol. The molecule has 0 fully saturated rings. The van der Waals surface area contributed by atoms with Crippen LogP contribution in [0.5, 0.6) is 5.75 Å². The summed E-state index contributed by atoms with van der Waals surface area (Å²) >= 11 is 6.07. The number of nitrogens with one attached hydrogen (secondary N) is 1. The van der Waals surface area contributed by atoms with Crippen LogP contribution in [0.2, 0.25) is 5.02 Å². The first-order valence-electron chi connectivity index (χ1n) is 10.0. The van der Waals surface area contributed by atoms with Crippen LogP contribution in [0.3, 0.4) is 0 Å². The molecule has 0 radical (unpaired) electrons. The standard InChI is InChI=1S/C22H27ClN2O6S/c1-6-25(7-2)32(28,29)17-10-8-16(9-11-17)22(27)31-15(4)21(26)24-19-12-14(3)18(23)13-20(19)30-5/h8-13,15H,6-7H2,1-5H3,(H,24,26). The van der Waals surface area contributed by atoms with Gasteiger partial charge in [0, 0.05) is 24.2 Å². The van der Waals surface area contributed by atoms with Crippen LogP contribution in [-0.4, -0.2) is 50.9 Å². The number of nitrogens with zero attached hydrogens (tertiary/aromatic N) is 1. The van der Waals surface area contributed by atoms with Gasteiger partial charge in [0.2, 0.25) is 10.0 Å². The Hall–Kier alpha value is -2.62. The summed E-state index contributed by atoms with van der Waals surface area (Å²) in [6.07, 6.45) is -1.11. The van der Waals surface area contributed by atoms with E-state index >= 15 is 0 Å². The highest BCUT2D eigenvalue weighted by Gasteiger charge is 2.24. The summed E-state index contributed by atoms with van der Waals surface area (Å²) in [7, 11) is -2.18. The summed E-state index contributed by atoms with van der Waals surface area (Å²) in [5, 5.41) is 3.15. The van der Waals surface area contributed by atoms with E-state index < -0.39 is 28.0 Å². The van der Waals surface area contributed by atoms with Crippen LogP contribution in [0.4, 0.5) is 5.69 Å². The molecule has 32 heavy (non-hydrogen) atoms. The smallest absolute Gasteiger partial charge is 0.338 e. The molecular formula is C22H27ClN2O6S. The minimum atomic E-state index is -3.63. The van der Waals surface area contributed by atoms with Crippen LogP contribution in [0.1, 0.15) is 36.7 Å². The van der Waals surface area contributed by atoms with Crippen LogP contribution in [0.15, 0.2) is 41.3 Å². The molecule has 174 valence electrons. The summed E-state index contributed by atoms with van der Waals surface area (Å²) < 4.78 is 36.9. The third-order valence-electron chi connectivity index (χ3n) is 4.82. The SMILES string of the molecule is CCN(CC)S(=O)(=O)c1ccc(C(=O)OC(C)C(=O)Nc2cc(C)c(Cl)cc2OC)cc1. The molecule has 0 heterocycles. The largest absolute Gasteiger partial charge is 0.495 e. The maximum atomic E-state index is 12.6. The van der Waals surface area contributed by atoms with E-state index in [2.05, 4.69) is 5.32 Å². The molecule has 8 nitrogen and oxygen atoms in total. The molecule has 1 N–H and O–H groups in total. The molecule has 1 atom stereocenters. The van der Waals surface area contributed by atoms with Gasteiger partial charge < -0.3 is 14.8 Å². The van der Waals surface area contributed by atoms with Crippen LogP contribution in [0, 0.1) is 6.92 Å². The number of esters is 1. The Morgan fingerprint density at radius 1 is 1.12 bits per heavy atom. The van der Waals surface area contributed by atoms with Crippen LogP contribution < -0.4 is 10.1 Å². The number of carbonyl (C=O) groups excluding carboxylic acids is 2. The van der Waals surface area contributed by atoms with E-state index in [0.29, 0.717) is 29.5 Å². The Bertz CT molecular complexity index is 1080. The first-order valence-corrected chi connectivity index (χ1v) is 11.8. The van der Waals surface area contributed by atoms with Gasteiger partial charge in [-0.25, -0.2) is 13.2 Å². The average molecular weight is 483 g/mol. The highest BCUT2D eigenvalue weighted by atomic mass is 35.5. The lowest BCUT2D eigenvalue weighted by atomic mass is 10.2. The van der Waals surface area contributed by atoms with E-state index in [4.69, 9.17) is 21.1 Å².